The van der Waals surface area contributed by atoms with Crippen molar-refractivity contribution in [1.82, 2.24) is 5.32 Å². The second-order valence-electron chi connectivity index (χ2n) is 5.89. The van der Waals surface area contributed by atoms with Crippen LogP contribution in [0.2, 0.25) is 0 Å². The highest BCUT2D eigenvalue weighted by Crippen LogP contribution is 2.22. The maximum absolute atomic E-state index is 13.0. The Bertz CT molecular complexity index is 971. The molecule has 0 saturated heterocycles. The quantitative estimate of drug-likeness (QED) is 0.541. The molecular formula is C19H19ClFN2O3S-. The van der Waals surface area contributed by atoms with E-state index in [9.17, 15) is 12.8 Å². The first-order valence-corrected chi connectivity index (χ1v) is 9.63. The molecule has 3 rings (SSSR count). The predicted octanol–water partition coefficient (Wildman–Crippen LogP) is 0.0694. The van der Waals surface area contributed by atoms with E-state index in [0.717, 1.165) is 23.3 Å². The maximum Gasteiger partial charge on any atom is 0.238 e. The molecule has 0 spiro atoms. The lowest BCUT2D eigenvalue weighted by molar-refractivity contribution is -0.00000905. The fourth-order valence-corrected chi connectivity index (χ4v) is 3.05. The van der Waals surface area contributed by atoms with Crippen molar-refractivity contribution in [3.05, 3.63) is 77.8 Å². The molecule has 27 heavy (non-hydrogen) atoms. The smallest absolute Gasteiger partial charge is 0.238 e. The van der Waals surface area contributed by atoms with Gasteiger partial charge in [-0.1, -0.05) is 12.1 Å². The van der Waals surface area contributed by atoms with E-state index in [0.29, 0.717) is 18.8 Å². The van der Waals surface area contributed by atoms with Crippen LogP contribution in [-0.4, -0.2) is 15.0 Å². The van der Waals surface area contributed by atoms with E-state index >= 15 is 0 Å². The zero-order valence-electron chi connectivity index (χ0n) is 14.4. The van der Waals surface area contributed by atoms with Crippen LogP contribution in [0.4, 0.5) is 4.39 Å². The number of furan rings is 1. The Kier molecular flexibility index (Phi) is 7.15. The molecular weight excluding hydrogens is 391 g/mol. The zero-order valence-corrected chi connectivity index (χ0v) is 15.9. The summed E-state index contributed by atoms with van der Waals surface area (Å²) in [6, 6.07) is 16.4. The van der Waals surface area contributed by atoms with Gasteiger partial charge < -0.3 is 22.1 Å². The Balaban J connectivity index is 0.00000261. The number of rotatable bonds is 7. The third kappa shape index (κ3) is 5.90. The molecule has 0 unspecified atom stereocenters. The van der Waals surface area contributed by atoms with Crippen LogP contribution in [0.25, 0.3) is 11.3 Å². The molecule has 0 aliphatic heterocycles. The van der Waals surface area contributed by atoms with Gasteiger partial charge in [0.05, 0.1) is 11.4 Å². The molecule has 0 fully saturated rings. The van der Waals surface area contributed by atoms with Crippen LogP contribution >= 0.6 is 0 Å². The van der Waals surface area contributed by atoms with E-state index in [4.69, 9.17) is 9.56 Å². The average molecular weight is 410 g/mol. The normalized spacial score (nSPS) is 11.2. The van der Waals surface area contributed by atoms with Gasteiger partial charge in [-0.15, -0.1) is 0 Å². The minimum absolute atomic E-state index is 0. The molecule has 3 aromatic rings. The second kappa shape index (κ2) is 9.14. The highest BCUT2D eigenvalue weighted by atomic mass is 35.5. The molecule has 3 N–H and O–H groups in total. The van der Waals surface area contributed by atoms with E-state index in [-0.39, 0.29) is 23.1 Å². The highest BCUT2D eigenvalue weighted by Gasteiger charge is 2.07. The molecule has 144 valence electrons. The van der Waals surface area contributed by atoms with Gasteiger partial charge in [-0.25, -0.2) is 17.9 Å². The van der Waals surface area contributed by atoms with Gasteiger partial charge >= 0.3 is 0 Å². The number of primary sulfonamides is 1. The Labute approximate surface area is 163 Å². The molecule has 0 bridgehead atoms. The van der Waals surface area contributed by atoms with Gasteiger partial charge in [-0.05, 0) is 67.1 Å². The highest BCUT2D eigenvalue weighted by molar-refractivity contribution is 7.89. The van der Waals surface area contributed by atoms with Gasteiger partial charge in [0.25, 0.3) is 0 Å². The van der Waals surface area contributed by atoms with E-state index in [2.05, 4.69) is 5.32 Å². The van der Waals surface area contributed by atoms with Crippen molar-refractivity contribution in [2.75, 3.05) is 6.54 Å². The summed E-state index contributed by atoms with van der Waals surface area (Å²) in [5, 5.41) is 8.35. The molecule has 0 saturated carbocycles. The predicted molar refractivity (Wildman–Crippen MR) is 97.3 cm³/mol. The van der Waals surface area contributed by atoms with Gasteiger partial charge in [0.1, 0.15) is 17.3 Å². The number of nitrogens with one attached hydrogen (secondary N) is 1. The molecule has 8 heteroatoms. The first kappa shape index (κ1) is 21.1. The molecule has 1 heterocycles. The van der Waals surface area contributed by atoms with Crippen molar-refractivity contribution in [1.29, 1.82) is 0 Å². The summed E-state index contributed by atoms with van der Waals surface area (Å²) in [7, 11) is -3.65. The fourth-order valence-electron chi connectivity index (χ4n) is 2.53. The Morgan fingerprint density at radius 2 is 1.63 bits per heavy atom. The Morgan fingerprint density at radius 1 is 0.963 bits per heavy atom. The summed E-state index contributed by atoms with van der Waals surface area (Å²) in [4.78, 5) is 0.109. The van der Waals surface area contributed by atoms with Crippen molar-refractivity contribution >= 4 is 10.0 Å². The molecule has 2 aromatic carbocycles. The van der Waals surface area contributed by atoms with Crippen LogP contribution in [-0.2, 0) is 23.0 Å². The summed E-state index contributed by atoms with van der Waals surface area (Å²) in [6.45, 7) is 1.28. The summed E-state index contributed by atoms with van der Waals surface area (Å²) in [5.41, 5.74) is 1.84. The maximum atomic E-state index is 13.0. The standard InChI is InChI=1S/C19H19FN2O3S.ClH/c20-16-5-3-15(4-6-16)19-10-7-17(25-19)13-22-12-11-14-1-8-18(9-2-14)26(21,23)24;/h1-10,22H,11-13H2,(H2,21,23,24);1H/p-1. The Morgan fingerprint density at radius 3 is 2.26 bits per heavy atom. The summed E-state index contributed by atoms with van der Waals surface area (Å²) in [6.07, 6.45) is 0.746. The molecule has 0 amide bonds. The summed E-state index contributed by atoms with van der Waals surface area (Å²) >= 11 is 0. The van der Waals surface area contributed by atoms with Crippen LogP contribution in [0, 0.1) is 5.82 Å². The minimum atomic E-state index is -3.65. The van der Waals surface area contributed by atoms with Crippen molar-refractivity contribution in [2.45, 2.75) is 17.9 Å². The molecule has 0 radical (unpaired) electrons. The zero-order chi connectivity index (χ0) is 18.6. The largest absolute Gasteiger partial charge is 1.00 e. The van der Waals surface area contributed by atoms with Gasteiger partial charge in [0.2, 0.25) is 10.0 Å². The van der Waals surface area contributed by atoms with Crippen LogP contribution in [0.15, 0.2) is 70.0 Å². The lowest BCUT2D eigenvalue weighted by Crippen LogP contribution is -3.00. The lowest BCUT2D eigenvalue weighted by Gasteiger charge is -2.04. The summed E-state index contributed by atoms with van der Waals surface area (Å²) in [5.74, 6) is 1.20. The van der Waals surface area contributed by atoms with E-state index in [1.807, 2.05) is 12.1 Å². The van der Waals surface area contributed by atoms with Crippen molar-refractivity contribution in [2.24, 2.45) is 5.14 Å². The first-order chi connectivity index (χ1) is 12.4. The molecule has 0 atom stereocenters. The van der Waals surface area contributed by atoms with Crippen molar-refractivity contribution in [3.8, 4) is 11.3 Å². The minimum Gasteiger partial charge on any atom is -1.00 e. The average Bonchev–Trinajstić information content (AvgIpc) is 3.08. The van der Waals surface area contributed by atoms with Crippen molar-refractivity contribution < 1.29 is 29.6 Å². The Hall–Kier alpha value is -2.19. The number of hydrogen-bond donors (Lipinski definition) is 2. The molecule has 0 aliphatic carbocycles. The number of benzene rings is 2. The topological polar surface area (TPSA) is 85.3 Å². The van der Waals surface area contributed by atoms with Gasteiger partial charge in [-0.2, -0.15) is 0 Å². The van der Waals surface area contributed by atoms with Crippen LogP contribution in [0.5, 0.6) is 0 Å². The second-order valence-corrected chi connectivity index (χ2v) is 7.45. The van der Waals surface area contributed by atoms with E-state index in [1.165, 1.54) is 24.3 Å². The van der Waals surface area contributed by atoms with Gasteiger partial charge in [0, 0.05) is 5.56 Å². The number of halogens is 2. The number of nitrogens with two attached hydrogens (primary N) is 1. The van der Waals surface area contributed by atoms with E-state index < -0.39 is 10.0 Å². The number of sulfonamides is 1. The fraction of sp³-hybridized carbons (Fsp3) is 0.158. The van der Waals surface area contributed by atoms with Crippen LogP contribution < -0.4 is 22.9 Å². The number of hydrogen-bond acceptors (Lipinski definition) is 4. The lowest BCUT2D eigenvalue weighted by atomic mass is 10.1. The molecule has 1 aromatic heterocycles. The molecule has 0 aliphatic rings. The molecule has 5 nitrogen and oxygen atoms in total. The summed E-state index contributed by atoms with van der Waals surface area (Å²) < 4.78 is 41.1. The van der Waals surface area contributed by atoms with Crippen LogP contribution in [0.3, 0.4) is 0 Å². The first-order valence-electron chi connectivity index (χ1n) is 8.09. The third-order valence-electron chi connectivity index (χ3n) is 3.93. The van der Waals surface area contributed by atoms with Crippen molar-refractivity contribution in [3.63, 3.8) is 0 Å². The third-order valence-corrected chi connectivity index (χ3v) is 4.86. The van der Waals surface area contributed by atoms with Gasteiger partial charge in [-0.3, -0.25) is 0 Å². The van der Waals surface area contributed by atoms with E-state index in [1.54, 1.807) is 24.3 Å². The monoisotopic (exact) mass is 409 g/mol. The van der Waals surface area contributed by atoms with Gasteiger partial charge in [0.15, 0.2) is 0 Å². The SMILES string of the molecule is NS(=O)(=O)c1ccc(CCNCc2ccc(-c3ccc(F)cc3)o2)cc1.[Cl-]. The van der Waals surface area contributed by atoms with Crippen LogP contribution in [0.1, 0.15) is 11.3 Å².